The van der Waals surface area contributed by atoms with Gasteiger partial charge >= 0.3 is 0 Å². The maximum Gasteiger partial charge on any atom is 0.264 e. The van der Waals surface area contributed by atoms with Crippen molar-refractivity contribution in [3.8, 4) is 0 Å². The van der Waals surface area contributed by atoms with Gasteiger partial charge in [0.1, 0.15) is 0 Å². The van der Waals surface area contributed by atoms with Crippen molar-refractivity contribution < 1.29 is 25.2 Å². The van der Waals surface area contributed by atoms with E-state index in [0.717, 1.165) is 12.5 Å². The molecule has 0 aromatic rings. The van der Waals surface area contributed by atoms with E-state index < -0.39 is 20.2 Å². The first-order valence-corrected chi connectivity index (χ1v) is 8.55. The molecule has 0 atom stereocenters. The van der Waals surface area contributed by atoms with Gasteiger partial charge < -0.3 is 0 Å². The monoisotopic (exact) mass is 272 g/mol. The summed E-state index contributed by atoms with van der Waals surface area (Å²) in [7, 11) is -6.87. The molecule has 1 fully saturated rings. The summed E-state index contributed by atoms with van der Waals surface area (Å²) in [4.78, 5) is 0. The molecule has 0 aliphatic heterocycles. The third-order valence-electron chi connectivity index (χ3n) is 2.24. The lowest BCUT2D eigenvalue weighted by Gasteiger charge is -2.26. The molecule has 0 aromatic carbocycles. The van der Waals surface area contributed by atoms with Crippen LogP contribution < -0.4 is 0 Å². The summed E-state index contributed by atoms with van der Waals surface area (Å²) in [5.41, 5.74) is 0. The van der Waals surface area contributed by atoms with Crippen molar-refractivity contribution in [1.29, 1.82) is 0 Å². The molecule has 0 aromatic heterocycles. The fourth-order valence-corrected chi connectivity index (χ4v) is 3.09. The molecule has 1 aliphatic carbocycles. The minimum absolute atomic E-state index is 0.352. The first-order chi connectivity index (χ1) is 7.16. The fraction of sp³-hybridized carbons (Fsp3) is 1.00. The zero-order valence-electron chi connectivity index (χ0n) is 9.25. The summed E-state index contributed by atoms with van der Waals surface area (Å²) in [6.45, 7) is 0. The Balaban J connectivity index is 2.40. The van der Waals surface area contributed by atoms with Gasteiger partial charge in [-0.05, 0) is 25.7 Å². The van der Waals surface area contributed by atoms with Crippen molar-refractivity contribution in [2.24, 2.45) is 0 Å². The summed E-state index contributed by atoms with van der Waals surface area (Å²) < 4.78 is 53.1. The topological polar surface area (TPSA) is 86.7 Å². The van der Waals surface area contributed by atoms with Gasteiger partial charge in [-0.3, -0.25) is 8.37 Å². The van der Waals surface area contributed by atoms with Crippen molar-refractivity contribution in [2.45, 2.75) is 37.9 Å². The van der Waals surface area contributed by atoms with Crippen molar-refractivity contribution in [2.75, 3.05) is 12.5 Å². The van der Waals surface area contributed by atoms with Gasteiger partial charge in [-0.1, -0.05) is 0 Å². The Morgan fingerprint density at radius 2 is 1.00 bits per heavy atom. The fourth-order valence-electron chi connectivity index (χ4n) is 1.72. The van der Waals surface area contributed by atoms with Crippen LogP contribution in [0.4, 0.5) is 0 Å². The highest BCUT2D eigenvalue weighted by atomic mass is 32.2. The number of hydrogen-bond acceptors (Lipinski definition) is 6. The predicted molar refractivity (Wildman–Crippen MR) is 57.9 cm³/mol. The second kappa shape index (κ2) is 4.99. The van der Waals surface area contributed by atoms with Gasteiger partial charge in [0.2, 0.25) is 0 Å². The van der Waals surface area contributed by atoms with Crippen LogP contribution in [0.15, 0.2) is 0 Å². The Morgan fingerprint density at radius 1 is 0.750 bits per heavy atom. The van der Waals surface area contributed by atoms with E-state index in [-0.39, 0.29) is 12.2 Å². The maximum absolute atomic E-state index is 10.9. The Morgan fingerprint density at radius 3 is 1.19 bits per heavy atom. The Labute approximate surface area is 96.2 Å². The lowest BCUT2D eigenvalue weighted by molar-refractivity contribution is 0.0890. The average molecular weight is 272 g/mol. The van der Waals surface area contributed by atoms with Crippen molar-refractivity contribution in [3.63, 3.8) is 0 Å². The molecule has 16 heavy (non-hydrogen) atoms. The second-order valence-electron chi connectivity index (χ2n) is 4.00. The Hall–Kier alpha value is -0.180. The molecule has 0 N–H and O–H groups in total. The van der Waals surface area contributed by atoms with Crippen molar-refractivity contribution in [1.82, 2.24) is 0 Å². The van der Waals surface area contributed by atoms with Crippen LogP contribution in [0.3, 0.4) is 0 Å². The Kier molecular flexibility index (Phi) is 4.33. The molecule has 0 amide bonds. The van der Waals surface area contributed by atoms with Gasteiger partial charge in [0.25, 0.3) is 20.2 Å². The van der Waals surface area contributed by atoms with Crippen LogP contribution in [0.1, 0.15) is 25.7 Å². The highest BCUT2D eigenvalue weighted by Crippen LogP contribution is 2.25. The van der Waals surface area contributed by atoms with E-state index in [9.17, 15) is 16.8 Å². The Bertz CT molecular complexity index is 373. The smallest absolute Gasteiger partial charge is 0.264 e. The zero-order valence-corrected chi connectivity index (χ0v) is 10.9. The summed E-state index contributed by atoms with van der Waals surface area (Å²) in [5, 5.41) is 0. The molecular weight excluding hydrogens is 256 g/mol. The molecule has 1 rings (SSSR count). The zero-order chi connectivity index (χ0) is 12.4. The first-order valence-electron chi connectivity index (χ1n) is 4.92. The molecule has 0 radical (unpaired) electrons. The third-order valence-corrected chi connectivity index (χ3v) is 3.49. The molecule has 0 spiro atoms. The highest BCUT2D eigenvalue weighted by molar-refractivity contribution is 7.86. The van der Waals surface area contributed by atoms with Crippen molar-refractivity contribution >= 4 is 20.2 Å². The highest BCUT2D eigenvalue weighted by Gasteiger charge is 2.26. The summed E-state index contributed by atoms with van der Waals surface area (Å²) >= 11 is 0. The van der Waals surface area contributed by atoms with Crippen LogP contribution >= 0.6 is 0 Å². The van der Waals surface area contributed by atoms with Gasteiger partial charge in [0.05, 0.1) is 24.7 Å². The van der Waals surface area contributed by atoms with Crippen LogP contribution in [-0.4, -0.2) is 41.6 Å². The van der Waals surface area contributed by atoms with E-state index in [2.05, 4.69) is 0 Å². The van der Waals surface area contributed by atoms with Crippen molar-refractivity contribution in [3.05, 3.63) is 0 Å². The van der Waals surface area contributed by atoms with Crippen LogP contribution in [0.2, 0.25) is 0 Å². The van der Waals surface area contributed by atoms with E-state index >= 15 is 0 Å². The molecular formula is C8H16O6S2. The van der Waals surface area contributed by atoms with Crippen LogP contribution in [0.25, 0.3) is 0 Å². The maximum atomic E-state index is 10.9. The summed E-state index contributed by atoms with van der Waals surface area (Å²) in [5.74, 6) is 0. The van der Waals surface area contributed by atoms with E-state index in [0.29, 0.717) is 25.7 Å². The standard InChI is InChI=1S/C8H16O6S2/c1-15(9,10)13-7-3-5-8(6-4-7)14-16(2,11)12/h7-8H,3-6H2,1-2H3. The summed E-state index contributed by atoms with van der Waals surface area (Å²) in [6.07, 6.45) is 3.28. The quantitative estimate of drug-likeness (QED) is 0.682. The first kappa shape index (κ1) is 13.9. The molecule has 0 heterocycles. The molecule has 0 bridgehead atoms. The van der Waals surface area contributed by atoms with E-state index in [1.807, 2.05) is 0 Å². The van der Waals surface area contributed by atoms with Gasteiger partial charge in [-0.25, -0.2) is 0 Å². The van der Waals surface area contributed by atoms with E-state index in [1.165, 1.54) is 0 Å². The van der Waals surface area contributed by atoms with Crippen LogP contribution in [0, 0.1) is 0 Å². The third kappa shape index (κ3) is 5.78. The predicted octanol–water partition coefficient (Wildman–Crippen LogP) is 0.250. The van der Waals surface area contributed by atoms with Gasteiger partial charge in [0, 0.05) is 0 Å². The van der Waals surface area contributed by atoms with Gasteiger partial charge in [-0.15, -0.1) is 0 Å². The summed E-state index contributed by atoms with van der Waals surface area (Å²) in [6, 6.07) is 0. The minimum Gasteiger partial charge on any atom is -0.267 e. The van der Waals surface area contributed by atoms with Gasteiger partial charge in [0.15, 0.2) is 0 Å². The number of rotatable bonds is 4. The molecule has 0 unspecified atom stereocenters. The van der Waals surface area contributed by atoms with Crippen LogP contribution in [-0.2, 0) is 28.6 Å². The SMILES string of the molecule is CS(=O)(=O)OC1CCC(OS(C)(=O)=O)CC1. The van der Waals surface area contributed by atoms with E-state index in [1.54, 1.807) is 0 Å². The van der Waals surface area contributed by atoms with Crippen LogP contribution in [0.5, 0.6) is 0 Å². The largest absolute Gasteiger partial charge is 0.267 e. The lowest BCUT2D eigenvalue weighted by atomic mass is 9.95. The molecule has 1 aliphatic rings. The molecule has 96 valence electrons. The van der Waals surface area contributed by atoms with Gasteiger partial charge in [-0.2, -0.15) is 16.8 Å². The van der Waals surface area contributed by atoms with E-state index in [4.69, 9.17) is 8.37 Å². The lowest BCUT2D eigenvalue weighted by Crippen LogP contribution is -2.29. The normalized spacial score (nSPS) is 27.9. The molecule has 8 heteroatoms. The number of hydrogen-bond donors (Lipinski definition) is 0. The molecule has 1 saturated carbocycles. The average Bonchev–Trinajstić information content (AvgIpc) is 2.03. The second-order valence-corrected chi connectivity index (χ2v) is 7.20. The molecule has 6 nitrogen and oxygen atoms in total. The molecule has 0 saturated heterocycles. The minimum atomic E-state index is -3.44.